The molecule has 0 saturated carbocycles. The molecule has 0 radical (unpaired) electrons. The highest BCUT2D eigenvalue weighted by Crippen LogP contribution is 2.13. The number of rotatable bonds is 6. The third kappa shape index (κ3) is 13.6. The van der Waals surface area contributed by atoms with Crippen LogP contribution in [0.2, 0.25) is 0 Å². The summed E-state index contributed by atoms with van der Waals surface area (Å²) in [5, 5.41) is 0. The molecule has 0 spiro atoms. The second-order valence-electron chi connectivity index (χ2n) is 2.59. The number of unbranched alkanes of at least 4 members (excludes halogenated alkanes) is 4. The normalized spacial score (nSPS) is 9.82. The molecule has 0 bridgehead atoms. The Bertz CT molecular complexity index is 62.6. The van der Waals surface area contributed by atoms with Crippen LogP contribution in [0.5, 0.6) is 0 Å². The van der Waals surface area contributed by atoms with Gasteiger partial charge in [-0.3, -0.25) is 0 Å². The summed E-state index contributed by atoms with van der Waals surface area (Å²) in [5.74, 6) is 0. The molecular weight excluding hydrogens is 179 g/mol. The number of halogens is 2. The molecule has 0 rings (SSSR count). The molecule has 70 valence electrons. The van der Waals surface area contributed by atoms with Gasteiger partial charge in [-0.1, -0.05) is 46.5 Å². The lowest BCUT2D eigenvalue weighted by atomic mass is 10.1. The van der Waals surface area contributed by atoms with E-state index in [1.165, 1.54) is 32.1 Å². The molecule has 0 atom stereocenters. The van der Waals surface area contributed by atoms with Crippen molar-refractivity contribution in [3.8, 4) is 0 Å². The van der Waals surface area contributed by atoms with E-state index in [0.717, 1.165) is 6.42 Å². The van der Waals surface area contributed by atoms with Gasteiger partial charge >= 0.3 is 0 Å². The highest BCUT2D eigenvalue weighted by Gasteiger charge is 1.96. The van der Waals surface area contributed by atoms with Crippen molar-refractivity contribution in [3.05, 3.63) is 0 Å². The average molecular weight is 199 g/mol. The van der Waals surface area contributed by atoms with Gasteiger partial charge in [0.05, 0.1) is 0 Å². The molecule has 0 amide bonds. The first kappa shape index (κ1) is 14.1. The van der Waals surface area contributed by atoms with E-state index in [2.05, 4.69) is 6.92 Å². The molecule has 0 heterocycles. The van der Waals surface area contributed by atoms with Crippen LogP contribution in [-0.4, -0.2) is 4.84 Å². The maximum atomic E-state index is 5.56. The van der Waals surface area contributed by atoms with E-state index < -0.39 is 0 Å². The van der Waals surface area contributed by atoms with E-state index in [1.54, 1.807) is 0 Å². The Morgan fingerprint density at radius 2 is 1.55 bits per heavy atom. The van der Waals surface area contributed by atoms with Crippen LogP contribution in [0.25, 0.3) is 0 Å². The van der Waals surface area contributed by atoms with Crippen molar-refractivity contribution < 1.29 is 0 Å². The quantitative estimate of drug-likeness (QED) is 0.426. The van der Waals surface area contributed by atoms with Crippen LogP contribution in [-0.2, 0) is 0 Å². The van der Waals surface area contributed by atoms with Crippen LogP contribution in [0.1, 0.15) is 52.9 Å². The molecule has 0 aliphatic rings. The first-order valence-corrected chi connectivity index (χ1v) is 4.92. The number of hydrogen-bond acceptors (Lipinski definition) is 0. The summed E-state index contributed by atoms with van der Waals surface area (Å²) in [7, 11) is 0. The van der Waals surface area contributed by atoms with E-state index in [1.807, 2.05) is 0 Å². The van der Waals surface area contributed by atoms with Crippen molar-refractivity contribution in [1.82, 2.24) is 0 Å². The first-order chi connectivity index (χ1) is 4.77. The molecule has 11 heavy (non-hydrogen) atoms. The van der Waals surface area contributed by atoms with E-state index >= 15 is 0 Å². The van der Waals surface area contributed by atoms with Crippen molar-refractivity contribution in [1.29, 1.82) is 0 Å². The monoisotopic (exact) mass is 198 g/mol. The highest BCUT2D eigenvalue weighted by molar-refractivity contribution is 6.44. The second-order valence-corrected chi connectivity index (χ2v) is 3.87. The Kier molecular flexibility index (Phi) is 13.6. The topological polar surface area (TPSA) is 0 Å². The van der Waals surface area contributed by atoms with Crippen molar-refractivity contribution in [3.63, 3.8) is 0 Å². The van der Waals surface area contributed by atoms with Crippen molar-refractivity contribution in [2.24, 2.45) is 0 Å². The van der Waals surface area contributed by atoms with Gasteiger partial charge in [0.25, 0.3) is 0 Å². The van der Waals surface area contributed by atoms with Gasteiger partial charge in [-0.2, -0.15) is 0 Å². The summed E-state index contributed by atoms with van der Waals surface area (Å²) in [6.45, 7) is 2.21. The SMILES string of the molecule is C.CCCCCCCC(Cl)Cl. The van der Waals surface area contributed by atoms with Gasteiger partial charge in [0.1, 0.15) is 4.84 Å². The van der Waals surface area contributed by atoms with E-state index in [4.69, 9.17) is 23.2 Å². The van der Waals surface area contributed by atoms with Gasteiger partial charge in [0, 0.05) is 0 Å². The second kappa shape index (κ2) is 10.6. The van der Waals surface area contributed by atoms with Crippen molar-refractivity contribution in [2.75, 3.05) is 0 Å². The lowest BCUT2D eigenvalue weighted by molar-refractivity contribution is 0.620. The number of alkyl halides is 2. The van der Waals surface area contributed by atoms with Gasteiger partial charge in [0.15, 0.2) is 0 Å². The minimum absolute atomic E-state index is 0. The summed E-state index contributed by atoms with van der Waals surface area (Å²) in [5.41, 5.74) is 0. The minimum atomic E-state index is -0.151. The highest BCUT2D eigenvalue weighted by atomic mass is 35.5. The molecule has 0 saturated heterocycles. The molecule has 0 unspecified atom stereocenters. The molecule has 0 N–H and O–H groups in total. The van der Waals surface area contributed by atoms with Gasteiger partial charge in [-0.05, 0) is 6.42 Å². The Balaban J connectivity index is 0. The Morgan fingerprint density at radius 3 is 2.00 bits per heavy atom. The largest absolute Gasteiger partial charge is 0.107 e. The van der Waals surface area contributed by atoms with Crippen LogP contribution in [0.15, 0.2) is 0 Å². The van der Waals surface area contributed by atoms with Gasteiger partial charge in [-0.25, -0.2) is 0 Å². The van der Waals surface area contributed by atoms with E-state index in [0.29, 0.717) is 0 Å². The number of hydrogen-bond donors (Lipinski definition) is 0. The van der Waals surface area contributed by atoms with Crippen molar-refractivity contribution in [2.45, 2.75) is 57.7 Å². The zero-order valence-corrected chi connectivity index (χ0v) is 8.09. The molecule has 0 aliphatic carbocycles. The van der Waals surface area contributed by atoms with Crippen LogP contribution in [0, 0.1) is 0 Å². The Hall–Kier alpha value is 0.580. The molecule has 0 nitrogen and oxygen atoms in total. The minimum Gasteiger partial charge on any atom is -0.105 e. The lowest BCUT2D eigenvalue weighted by Gasteiger charge is -1.99. The molecule has 0 aliphatic heterocycles. The average Bonchev–Trinajstić information content (AvgIpc) is 1.87. The van der Waals surface area contributed by atoms with Crippen LogP contribution in [0.3, 0.4) is 0 Å². The van der Waals surface area contributed by atoms with E-state index in [9.17, 15) is 0 Å². The summed E-state index contributed by atoms with van der Waals surface area (Å²) in [6.07, 6.45) is 7.38. The van der Waals surface area contributed by atoms with Gasteiger partial charge in [-0.15, -0.1) is 23.2 Å². The third-order valence-corrected chi connectivity index (χ3v) is 1.96. The summed E-state index contributed by atoms with van der Waals surface area (Å²) in [6, 6.07) is 0. The predicted octanol–water partition coefficient (Wildman–Crippen LogP) is 4.79. The zero-order valence-electron chi connectivity index (χ0n) is 6.58. The Morgan fingerprint density at radius 1 is 1.00 bits per heavy atom. The molecule has 0 aromatic carbocycles. The van der Waals surface area contributed by atoms with E-state index in [-0.39, 0.29) is 12.3 Å². The maximum absolute atomic E-state index is 5.56. The fraction of sp³-hybridized carbons (Fsp3) is 1.00. The fourth-order valence-corrected chi connectivity index (χ4v) is 1.21. The fourth-order valence-electron chi connectivity index (χ4n) is 0.902. The summed E-state index contributed by atoms with van der Waals surface area (Å²) < 4.78 is 0. The maximum Gasteiger partial charge on any atom is 0.107 e. The summed E-state index contributed by atoms with van der Waals surface area (Å²) >= 11 is 11.1. The lowest BCUT2D eigenvalue weighted by Crippen LogP contribution is -1.86. The van der Waals surface area contributed by atoms with Crippen LogP contribution in [0.4, 0.5) is 0 Å². The standard InChI is InChI=1S/C8H16Cl2.CH4/c1-2-3-4-5-6-7-8(9)10;/h8H,2-7H2,1H3;1H4. The zero-order chi connectivity index (χ0) is 7.82. The molecule has 0 fully saturated rings. The molecular formula is C9H20Cl2. The van der Waals surface area contributed by atoms with Crippen molar-refractivity contribution >= 4 is 23.2 Å². The Labute approximate surface area is 81.3 Å². The van der Waals surface area contributed by atoms with Gasteiger partial charge in [0.2, 0.25) is 0 Å². The smallest absolute Gasteiger partial charge is 0.105 e. The van der Waals surface area contributed by atoms with Gasteiger partial charge < -0.3 is 0 Å². The van der Waals surface area contributed by atoms with Crippen LogP contribution < -0.4 is 0 Å². The van der Waals surface area contributed by atoms with Crippen LogP contribution >= 0.6 is 23.2 Å². The first-order valence-electron chi connectivity index (χ1n) is 4.05. The summed E-state index contributed by atoms with van der Waals surface area (Å²) in [4.78, 5) is -0.151. The predicted molar refractivity (Wildman–Crippen MR) is 55.6 cm³/mol. The third-order valence-electron chi connectivity index (χ3n) is 1.53. The molecule has 2 heteroatoms. The molecule has 0 aromatic rings. The molecule has 0 aromatic heterocycles.